The maximum absolute atomic E-state index is 9.95. The molecule has 8 aromatic carbocycles. The number of hydrogen-bond donors (Lipinski definition) is 0. The summed E-state index contributed by atoms with van der Waals surface area (Å²) in [4.78, 5) is 0. The fraction of sp³-hybridized carbons (Fsp3) is 0. The molecule has 0 atom stereocenters. The van der Waals surface area contributed by atoms with Crippen LogP contribution in [0.2, 0.25) is 0 Å². The van der Waals surface area contributed by atoms with Crippen molar-refractivity contribution in [2.45, 2.75) is 0 Å². The lowest BCUT2D eigenvalue weighted by atomic mass is 9.97. The average molecular weight is 643 g/mol. The first kappa shape index (κ1) is 22.8. The van der Waals surface area contributed by atoms with Crippen LogP contribution in [0.25, 0.3) is 88.4 Å². The Balaban J connectivity index is 1.30. The fourth-order valence-corrected chi connectivity index (χ4v) is 7.28. The highest BCUT2D eigenvalue weighted by Gasteiger charge is 2.18. The second-order valence-corrected chi connectivity index (χ2v) is 12.4. The molecular weight excluding hydrogens is 605 g/mol. The Labute approximate surface area is 299 Å². The van der Waals surface area contributed by atoms with Gasteiger partial charge in [0, 0.05) is 32.9 Å². The van der Waals surface area contributed by atoms with Crippen molar-refractivity contribution in [1.29, 1.82) is 0 Å². The molecule has 0 bridgehead atoms. The molecule has 50 heavy (non-hydrogen) atoms. The topological polar surface area (TPSA) is 9.86 Å². The normalized spacial score (nSPS) is 13.3. The van der Waals surface area contributed by atoms with Gasteiger partial charge < -0.3 is 9.13 Å². The first-order valence-corrected chi connectivity index (χ1v) is 16.7. The molecule has 0 amide bonds. The smallest absolute Gasteiger partial charge is 0.0645 e. The molecule has 10 aromatic rings. The number of nitrogens with zero attached hydrogens (tertiary/aromatic N) is 2. The van der Waals surface area contributed by atoms with E-state index in [-0.39, 0.29) is 47.4 Å². The molecule has 0 radical (unpaired) electrons. The third-order valence-electron chi connectivity index (χ3n) is 9.56. The number of hydrogen-bond acceptors (Lipinski definition) is 0. The Kier molecular flexibility index (Phi) is 5.26. The minimum absolute atomic E-state index is 0.00641. The second kappa shape index (κ2) is 11.5. The average Bonchev–Trinajstić information content (AvgIpc) is 3.79. The highest BCUT2D eigenvalue weighted by Crippen LogP contribution is 2.41. The number of rotatable bonds is 5. The van der Waals surface area contributed by atoms with Crippen molar-refractivity contribution in [3.63, 3.8) is 0 Å². The lowest BCUT2D eigenvalue weighted by Gasteiger charge is -2.10. The van der Waals surface area contributed by atoms with E-state index in [1.165, 1.54) is 0 Å². The van der Waals surface area contributed by atoms with Gasteiger partial charge in [-0.25, -0.2) is 0 Å². The van der Waals surface area contributed by atoms with Crippen LogP contribution >= 0.6 is 0 Å². The van der Waals surface area contributed by atoms with Crippen molar-refractivity contribution in [1.82, 2.24) is 9.13 Å². The number of para-hydroxylation sites is 2. The van der Waals surface area contributed by atoms with Crippen molar-refractivity contribution in [3.05, 3.63) is 194 Å². The number of fused-ring (bicyclic) bond motifs is 6. The molecule has 234 valence electrons. The first-order valence-electron chi connectivity index (χ1n) is 19.7. The quantitative estimate of drug-likeness (QED) is 0.177. The molecule has 0 aliphatic rings. The third kappa shape index (κ3) is 4.50. The number of benzene rings is 8. The Hall–Kier alpha value is -6.64. The SMILES string of the molecule is [2H]c1c(-c2c([2H])c([2H])c3c(c2[2H])c2c(-c4ccccc4)cccc2n3-c2ccccc2)c([2H])c2c3ccccc3n(-c3ccc(-c4ccccc4)cc3)c2c1[2H]. The molecule has 0 spiro atoms. The van der Waals surface area contributed by atoms with Crippen LogP contribution in [0, 0.1) is 0 Å². The van der Waals surface area contributed by atoms with Crippen molar-refractivity contribution in [3.8, 4) is 44.8 Å². The Morgan fingerprint density at radius 3 is 1.56 bits per heavy atom. The minimum Gasteiger partial charge on any atom is -0.309 e. The molecule has 2 heterocycles. The standard InChI is InChI=1S/C48H32N2/c1-4-13-33(14-5-1)34-23-27-39(28-24-34)49-44-21-11-10-19-41(44)42-31-36(25-29-45(42)49)37-26-30-46-43(32-37)48-40(35-15-6-2-7-16-35)20-12-22-47(48)50(46)38-17-8-3-9-18-38/h1-32H/i25D,26D,29D,30D,31D,32D. The van der Waals surface area contributed by atoms with Gasteiger partial charge in [0.25, 0.3) is 0 Å². The van der Waals surface area contributed by atoms with Gasteiger partial charge in [-0.05, 0) is 93.9 Å². The summed E-state index contributed by atoms with van der Waals surface area (Å²) in [6.07, 6.45) is 0. The molecule has 0 N–H and O–H groups in total. The summed E-state index contributed by atoms with van der Waals surface area (Å²) in [5.74, 6) is 0. The van der Waals surface area contributed by atoms with Crippen LogP contribution in [-0.2, 0) is 0 Å². The van der Waals surface area contributed by atoms with Crippen molar-refractivity contribution >= 4 is 43.6 Å². The van der Waals surface area contributed by atoms with Crippen LogP contribution in [0.3, 0.4) is 0 Å². The zero-order valence-corrected chi connectivity index (χ0v) is 26.9. The highest BCUT2D eigenvalue weighted by atomic mass is 15.0. The van der Waals surface area contributed by atoms with Crippen molar-refractivity contribution in [2.75, 3.05) is 0 Å². The summed E-state index contributed by atoms with van der Waals surface area (Å²) in [5, 5.41) is 2.40. The van der Waals surface area contributed by atoms with Crippen molar-refractivity contribution < 1.29 is 8.22 Å². The Morgan fingerprint density at radius 2 is 0.840 bits per heavy atom. The van der Waals surface area contributed by atoms with E-state index >= 15 is 0 Å². The van der Waals surface area contributed by atoms with Gasteiger partial charge in [-0.3, -0.25) is 0 Å². The van der Waals surface area contributed by atoms with Crippen LogP contribution in [0.5, 0.6) is 0 Å². The Bertz CT molecular complexity index is 3170. The van der Waals surface area contributed by atoms with Gasteiger partial charge in [0.15, 0.2) is 0 Å². The van der Waals surface area contributed by atoms with Gasteiger partial charge in [-0.2, -0.15) is 0 Å². The molecule has 10 rings (SSSR count). The van der Waals surface area contributed by atoms with E-state index in [9.17, 15) is 8.22 Å². The largest absolute Gasteiger partial charge is 0.309 e. The lowest BCUT2D eigenvalue weighted by Crippen LogP contribution is -1.94. The molecule has 2 heteroatoms. The predicted molar refractivity (Wildman–Crippen MR) is 211 cm³/mol. The van der Waals surface area contributed by atoms with Gasteiger partial charge in [0.2, 0.25) is 0 Å². The molecule has 0 saturated carbocycles. The monoisotopic (exact) mass is 642 g/mol. The lowest BCUT2D eigenvalue weighted by molar-refractivity contribution is 1.18. The van der Waals surface area contributed by atoms with Crippen molar-refractivity contribution in [2.24, 2.45) is 0 Å². The van der Waals surface area contributed by atoms with Crippen LogP contribution in [0.4, 0.5) is 0 Å². The molecule has 0 fully saturated rings. The third-order valence-corrected chi connectivity index (χ3v) is 9.56. The van der Waals surface area contributed by atoms with E-state index < -0.39 is 0 Å². The minimum atomic E-state index is -0.261. The maximum atomic E-state index is 9.95. The Morgan fingerprint density at radius 1 is 0.320 bits per heavy atom. The molecule has 0 aliphatic heterocycles. The molecule has 0 saturated heterocycles. The second-order valence-electron chi connectivity index (χ2n) is 12.4. The van der Waals surface area contributed by atoms with Gasteiger partial charge in [0.05, 0.1) is 30.3 Å². The summed E-state index contributed by atoms with van der Waals surface area (Å²) in [6.45, 7) is 0. The summed E-state index contributed by atoms with van der Waals surface area (Å²) >= 11 is 0. The van der Waals surface area contributed by atoms with Gasteiger partial charge in [-0.1, -0.05) is 133 Å². The molecular formula is C48H32N2. The van der Waals surface area contributed by atoms with E-state index in [2.05, 4.69) is 12.1 Å². The number of aromatic nitrogens is 2. The molecule has 0 aliphatic carbocycles. The predicted octanol–water partition coefficient (Wildman–Crippen LogP) is 12.9. The summed E-state index contributed by atoms with van der Waals surface area (Å²) in [5.41, 5.74) is 7.91. The maximum Gasteiger partial charge on any atom is 0.0645 e. The fourth-order valence-electron chi connectivity index (χ4n) is 7.28. The van der Waals surface area contributed by atoms with E-state index in [1.54, 1.807) is 0 Å². The van der Waals surface area contributed by atoms with Crippen LogP contribution < -0.4 is 0 Å². The van der Waals surface area contributed by atoms with Gasteiger partial charge in [-0.15, -0.1) is 0 Å². The van der Waals surface area contributed by atoms with E-state index in [4.69, 9.17) is 0 Å². The van der Waals surface area contributed by atoms with Crippen LogP contribution in [0.15, 0.2) is 194 Å². The summed E-state index contributed by atoms with van der Waals surface area (Å²) in [7, 11) is 0. The van der Waals surface area contributed by atoms with E-state index in [0.717, 1.165) is 55.4 Å². The highest BCUT2D eigenvalue weighted by molar-refractivity contribution is 6.17. The zero-order chi connectivity index (χ0) is 38.2. The van der Waals surface area contributed by atoms with Crippen LogP contribution in [-0.4, -0.2) is 9.13 Å². The summed E-state index contributed by atoms with van der Waals surface area (Å²) in [6, 6.07) is 50.5. The van der Waals surface area contributed by atoms with E-state index in [1.807, 2.05) is 155 Å². The van der Waals surface area contributed by atoms with Gasteiger partial charge >= 0.3 is 0 Å². The zero-order valence-electron chi connectivity index (χ0n) is 32.9. The van der Waals surface area contributed by atoms with Gasteiger partial charge in [0.1, 0.15) is 0 Å². The van der Waals surface area contributed by atoms with E-state index in [0.29, 0.717) is 21.8 Å². The molecule has 2 aromatic heterocycles. The first-order chi connectivity index (χ1) is 27.3. The summed E-state index contributed by atoms with van der Waals surface area (Å²) < 4.78 is 61.8. The van der Waals surface area contributed by atoms with Crippen LogP contribution in [0.1, 0.15) is 8.22 Å². The molecule has 2 nitrogen and oxygen atoms in total. The molecule has 0 unspecified atom stereocenters.